The fraction of sp³-hybridized carbons (Fsp3) is 0.615. The molecule has 104 valence electrons. The number of hydrogen-bond donors (Lipinski definition) is 1. The van der Waals surface area contributed by atoms with E-state index in [9.17, 15) is 10.1 Å². The minimum Gasteiger partial charge on any atom is -0.356 e. The smallest absolute Gasteiger partial charge is 0.277 e. The molecular formula is C13H20N4O2. The van der Waals surface area contributed by atoms with Crippen LogP contribution in [-0.2, 0) is 0 Å². The van der Waals surface area contributed by atoms with Crippen molar-refractivity contribution in [1.29, 1.82) is 0 Å². The summed E-state index contributed by atoms with van der Waals surface area (Å²) in [6.07, 6.45) is 3.60. The minimum atomic E-state index is -0.345. The Morgan fingerprint density at radius 2 is 2.11 bits per heavy atom. The standard InChI is InChI=1S/C13H20N4O2/c1-10-9-15-12(8-11(10)17(18)19)16-6-4-13(2,14-3)5-7-16/h8-9,14H,4-7H2,1-3H3. The largest absolute Gasteiger partial charge is 0.356 e. The van der Waals surface area contributed by atoms with Gasteiger partial charge in [-0.2, -0.15) is 0 Å². The lowest BCUT2D eigenvalue weighted by Crippen LogP contribution is -2.50. The van der Waals surface area contributed by atoms with Gasteiger partial charge in [0, 0.05) is 30.4 Å². The van der Waals surface area contributed by atoms with Crippen LogP contribution in [0.5, 0.6) is 0 Å². The van der Waals surface area contributed by atoms with Crippen LogP contribution in [0.2, 0.25) is 0 Å². The summed E-state index contributed by atoms with van der Waals surface area (Å²) >= 11 is 0. The number of aryl methyl sites for hydroxylation is 1. The molecule has 1 N–H and O–H groups in total. The Bertz CT molecular complexity index is 482. The molecule has 0 amide bonds. The summed E-state index contributed by atoms with van der Waals surface area (Å²) in [5.41, 5.74) is 0.908. The third kappa shape index (κ3) is 2.84. The molecule has 0 aliphatic carbocycles. The maximum atomic E-state index is 11.0. The van der Waals surface area contributed by atoms with Crippen molar-refractivity contribution in [2.45, 2.75) is 32.2 Å². The van der Waals surface area contributed by atoms with E-state index in [0.717, 1.165) is 25.9 Å². The lowest BCUT2D eigenvalue weighted by molar-refractivity contribution is -0.385. The third-order valence-corrected chi connectivity index (χ3v) is 4.05. The second-order valence-electron chi connectivity index (χ2n) is 5.38. The number of nitrogens with zero attached hydrogens (tertiary/aromatic N) is 3. The van der Waals surface area contributed by atoms with Crippen LogP contribution in [0.3, 0.4) is 0 Å². The van der Waals surface area contributed by atoms with Gasteiger partial charge in [0.25, 0.3) is 5.69 Å². The molecular weight excluding hydrogens is 244 g/mol. The Morgan fingerprint density at radius 3 is 2.63 bits per heavy atom. The van der Waals surface area contributed by atoms with E-state index in [0.29, 0.717) is 11.4 Å². The number of anilines is 1. The van der Waals surface area contributed by atoms with Gasteiger partial charge in [-0.1, -0.05) is 0 Å². The van der Waals surface area contributed by atoms with Gasteiger partial charge in [0.05, 0.1) is 11.0 Å². The van der Waals surface area contributed by atoms with Gasteiger partial charge in [0.2, 0.25) is 0 Å². The van der Waals surface area contributed by atoms with Gasteiger partial charge in [-0.15, -0.1) is 0 Å². The lowest BCUT2D eigenvalue weighted by Gasteiger charge is -2.39. The number of nitrogens with one attached hydrogen (secondary N) is 1. The van der Waals surface area contributed by atoms with Crippen LogP contribution in [-0.4, -0.2) is 35.6 Å². The molecule has 0 aromatic carbocycles. The summed E-state index contributed by atoms with van der Waals surface area (Å²) in [6, 6.07) is 1.58. The number of rotatable bonds is 3. The average Bonchev–Trinajstić information content (AvgIpc) is 2.40. The highest BCUT2D eigenvalue weighted by Crippen LogP contribution is 2.27. The van der Waals surface area contributed by atoms with Crippen molar-refractivity contribution in [2.24, 2.45) is 0 Å². The van der Waals surface area contributed by atoms with Gasteiger partial charge in [0.1, 0.15) is 5.82 Å². The van der Waals surface area contributed by atoms with Crippen molar-refractivity contribution >= 4 is 11.5 Å². The highest BCUT2D eigenvalue weighted by molar-refractivity contribution is 5.51. The Labute approximate surface area is 113 Å². The molecule has 19 heavy (non-hydrogen) atoms. The first-order chi connectivity index (χ1) is 8.95. The molecule has 1 aromatic heterocycles. The predicted octanol–water partition coefficient (Wildman–Crippen LogP) is 1.88. The molecule has 0 saturated carbocycles. The first-order valence-electron chi connectivity index (χ1n) is 6.50. The zero-order chi connectivity index (χ0) is 14.0. The summed E-state index contributed by atoms with van der Waals surface area (Å²) in [6.45, 7) is 5.65. The third-order valence-electron chi connectivity index (χ3n) is 4.05. The molecule has 0 spiro atoms. The quantitative estimate of drug-likeness (QED) is 0.666. The van der Waals surface area contributed by atoms with Crippen LogP contribution in [0.4, 0.5) is 11.5 Å². The van der Waals surface area contributed by atoms with Gasteiger partial charge in [-0.3, -0.25) is 10.1 Å². The van der Waals surface area contributed by atoms with E-state index in [2.05, 4.69) is 22.1 Å². The topological polar surface area (TPSA) is 71.3 Å². The van der Waals surface area contributed by atoms with Gasteiger partial charge >= 0.3 is 0 Å². The van der Waals surface area contributed by atoms with E-state index in [1.54, 1.807) is 19.2 Å². The summed E-state index contributed by atoms with van der Waals surface area (Å²) in [5, 5.41) is 14.3. The van der Waals surface area contributed by atoms with Crippen molar-refractivity contribution in [3.8, 4) is 0 Å². The minimum absolute atomic E-state index is 0.145. The first kappa shape index (κ1) is 13.7. The zero-order valence-corrected chi connectivity index (χ0v) is 11.6. The summed E-state index contributed by atoms with van der Waals surface area (Å²) in [4.78, 5) is 17.0. The van der Waals surface area contributed by atoms with E-state index in [1.165, 1.54) is 0 Å². The number of pyridine rings is 1. The summed E-state index contributed by atoms with van der Waals surface area (Å²) in [7, 11) is 1.98. The second-order valence-corrected chi connectivity index (χ2v) is 5.38. The Balaban J connectivity index is 2.16. The molecule has 6 nitrogen and oxygen atoms in total. The van der Waals surface area contributed by atoms with Gasteiger partial charge in [-0.25, -0.2) is 4.98 Å². The van der Waals surface area contributed by atoms with Crippen molar-refractivity contribution in [2.75, 3.05) is 25.0 Å². The maximum Gasteiger partial charge on any atom is 0.277 e. The number of aromatic nitrogens is 1. The SMILES string of the molecule is CNC1(C)CCN(c2cc([N+](=O)[O-])c(C)cn2)CC1. The van der Waals surface area contributed by atoms with Crippen LogP contribution in [0, 0.1) is 17.0 Å². The molecule has 0 atom stereocenters. The Hall–Kier alpha value is -1.69. The van der Waals surface area contributed by atoms with Gasteiger partial charge in [-0.05, 0) is 33.7 Å². The Morgan fingerprint density at radius 1 is 1.47 bits per heavy atom. The number of nitro groups is 1. The van der Waals surface area contributed by atoms with E-state index in [1.807, 2.05) is 7.05 Å². The molecule has 1 aromatic rings. The lowest BCUT2D eigenvalue weighted by atomic mass is 9.90. The number of piperidine rings is 1. The van der Waals surface area contributed by atoms with Crippen molar-refractivity contribution < 1.29 is 4.92 Å². The molecule has 2 heterocycles. The van der Waals surface area contributed by atoms with Crippen molar-refractivity contribution in [3.05, 3.63) is 27.9 Å². The normalized spacial score (nSPS) is 18.4. The maximum absolute atomic E-state index is 11.0. The fourth-order valence-corrected chi connectivity index (χ4v) is 2.35. The fourth-order valence-electron chi connectivity index (χ4n) is 2.35. The summed E-state index contributed by atoms with van der Waals surface area (Å²) < 4.78 is 0. The molecule has 1 aliphatic heterocycles. The predicted molar refractivity (Wildman–Crippen MR) is 74.5 cm³/mol. The van der Waals surface area contributed by atoms with Crippen LogP contribution < -0.4 is 10.2 Å². The highest BCUT2D eigenvalue weighted by Gasteiger charge is 2.29. The van der Waals surface area contributed by atoms with Crippen LogP contribution >= 0.6 is 0 Å². The van der Waals surface area contributed by atoms with E-state index < -0.39 is 0 Å². The molecule has 0 unspecified atom stereocenters. The molecule has 1 aliphatic rings. The van der Waals surface area contributed by atoms with E-state index >= 15 is 0 Å². The molecule has 1 fully saturated rings. The van der Waals surface area contributed by atoms with Crippen molar-refractivity contribution in [3.63, 3.8) is 0 Å². The van der Waals surface area contributed by atoms with E-state index in [4.69, 9.17) is 0 Å². The zero-order valence-electron chi connectivity index (χ0n) is 11.6. The second kappa shape index (κ2) is 5.13. The molecule has 1 saturated heterocycles. The van der Waals surface area contributed by atoms with Crippen molar-refractivity contribution in [1.82, 2.24) is 10.3 Å². The average molecular weight is 264 g/mol. The van der Waals surface area contributed by atoms with Gasteiger partial charge < -0.3 is 10.2 Å². The molecule has 6 heteroatoms. The number of hydrogen-bond acceptors (Lipinski definition) is 5. The Kier molecular flexibility index (Phi) is 3.71. The molecule has 0 radical (unpaired) electrons. The van der Waals surface area contributed by atoms with Crippen LogP contribution in [0.15, 0.2) is 12.3 Å². The molecule has 0 bridgehead atoms. The monoisotopic (exact) mass is 264 g/mol. The van der Waals surface area contributed by atoms with Gasteiger partial charge in [0.15, 0.2) is 0 Å². The highest BCUT2D eigenvalue weighted by atomic mass is 16.6. The summed E-state index contributed by atoms with van der Waals surface area (Å²) in [5.74, 6) is 0.704. The first-order valence-corrected chi connectivity index (χ1v) is 6.50. The van der Waals surface area contributed by atoms with Crippen LogP contribution in [0.25, 0.3) is 0 Å². The van der Waals surface area contributed by atoms with Crippen LogP contribution in [0.1, 0.15) is 25.3 Å². The molecule has 2 rings (SSSR count). The van der Waals surface area contributed by atoms with E-state index in [-0.39, 0.29) is 16.1 Å².